The summed E-state index contributed by atoms with van der Waals surface area (Å²) >= 11 is 0. The number of benzene rings is 2. The highest BCUT2D eigenvalue weighted by molar-refractivity contribution is 5.89. The van der Waals surface area contributed by atoms with Crippen LogP contribution >= 0.6 is 0 Å². The number of nitrogens with zero attached hydrogens (tertiary/aromatic N) is 3. The highest BCUT2D eigenvalue weighted by atomic mass is 19.1. The number of piperazine rings is 1. The average molecular weight is 473 g/mol. The summed E-state index contributed by atoms with van der Waals surface area (Å²) in [6.07, 6.45) is 3.46. The van der Waals surface area contributed by atoms with E-state index in [2.05, 4.69) is 17.1 Å². The second-order valence-electron chi connectivity index (χ2n) is 8.64. The molecule has 0 radical (unpaired) electrons. The predicted molar refractivity (Wildman–Crippen MR) is 129 cm³/mol. The van der Waals surface area contributed by atoms with Gasteiger partial charge in [-0.3, -0.25) is 9.69 Å². The third kappa shape index (κ3) is 7.80. The van der Waals surface area contributed by atoms with E-state index in [-0.39, 0.29) is 23.4 Å². The van der Waals surface area contributed by atoms with E-state index in [1.165, 1.54) is 24.3 Å². The van der Waals surface area contributed by atoms with Gasteiger partial charge in [0, 0.05) is 52.2 Å². The van der Waals surface area contributed by atoms with Gasteiger partial charge in [-0.2, -0.15) is 0 Å². The van der Waals surface area contributed by atoms with Crippen LogP contribution < -0.4 is 5.32 Å². The second-order valence-corrected chi connectivity index (χ2v) is 8.64. The molecular weight excluding hydrogens is 438 g/mol. The number of hydrogen-bond donors (Lipinski definition) is 1. The van der Waals surface area contributed by atoms with Crippen molar-refractivity contribution in [3.05, 3.63) is 65.7 Å². The topological polar surface area (TPSA) is 55.9 Å². The van der Waals surface area contributed by atoms with E-state index in [0.717, 1.165) is 24.8 Å². The van der Waals surface area contributed by atoms with Crippen LogP contribution in [0, 0.1) is 11.6 Å². The molecule has 8 heteroatoms. The Bertz CT molecular complexity index is 931. The van der Waals surface area contributed by atoms with E-state index >= 15 is 0 Å². The van der Waals surface area contributed by atoms with Crippen LogP contribution in [0.4, 0.5) is 19.3 Å². The minimum Gasteiger partial charge on any atom is -0.337 e. The van der Waals surface area contributed by atoms with E-state index in [1.807, 2.05) is 4.90 Å². The number of carbonyl (C=O) groups excluding carboxylic acids is 2. The first kappa shape index (κ1) is 25.6. The maximum Gasteiger partial charge on any atom is 0.322 e. The van der Waals surface area contributed by atoms with Gasteiger partial charge in [-0.25, -0.2) is 13.6 Å². The van der Waals surface area contributed by atoms with Crippen molar-refractivity contribution in [3.8, 4) is 0 Å². The van der Waals surface area contributed by atoms with Gasteiger partial charge in [0.1, 0.15) is 11.6 Å². The molecule has 2 aromatic rings. The third-order valence-corrected chi connectivity index (χ3v) is 6.09. The first-order valence-corrected chi connectivity index (χ1v) is 12.0. The zero-order valence-corrected chi connectivity index (χ0v) is 19.8. The highest BCUT2D eigenvalue weighted by Gasteiger charge is 2.23. The zero-order valence-electron chi connectivity index (χ0n) is 19.8. The summed E-state index contributed by atoms with van der Waals surface area (Å²) < 4.78 is 27.1. The Morgan fingerprint density at radius 1 is 0.971 bits per heavy atom. The molecule has 0 spiro atoms. The molecule has 1 N–H and O–H groups in total. The Morgan fingerprint density at radius 2 is 1.68 bits per heavy atom. The Labute approximate surface area is 200 Å². The number of amides is 3. The van der Waals surface area contributed by atoms with E-state index in [0.29, 0.717) is 52.2 Å². The summed E-state index contributed by atoms with van der Waals surface area (Å²) in [6.45, 7) is 6.25. The molecular formula is C26H34F2N4O2. The molecule has 1 aliphatic rings. The normalized spacial score (nSPS) is 14.1. The fourth-order valence-corrected chi connectivity index (χ4v) is 3.98. The molecule has 0 aromatic heterocycles. The quantitative estimate of drug-likeness (QED) is 0.509. The number of urea groups is 1. The first-order valence-electron chi connectivity index (χ1n) is 12.0. The van der Waals surface area contributed by atoms with Crippen LogP contribution in [0.2, 0.25) is 0 Å². The van der Waals surface area contributed by atoms with Gasteiger partial charge in [-0.1, -0.05) is 44.0 Å². The summed E-state index contributed by atoms with van der Waals surface area (Å²) in [7, 11) is 0. The van der Waals surface area contributed by atoms with Crippen LogP contribution in [0.15, 0.2) is 48.5 Å². The van der Waals surface area contributed by atoms with E-state index < -0.39 is 5.82 Å². The van der Waals surface area contributed by atoms with Crippen molar-refractivity contribution in [2.24, 2.45) is 0 Å². The standard InChI is InChI=1S/C26H34F2N4O2/c1-2-3-4-9-25(33)32(20-21-10-12-22(27)13-11-21)19-16-30-14-17-31(18-15-30)26(34)29-24-8-6-5-7-23(24)28/h5-8,10-13H,2-4,9,14-20H2,1H3,(H,29,34). The van der Waals surface area contributed by atoms with Crippen molar-refractivity contribution < 1.29 is 18.4 Å². The molecule has 0 saturated carbocycles. The molecule has 6 nitrogen and oxygen atoms in total. The smallest absolute Gasteiger partial charge is 0.322 e. The molecule has 0 unspecified atom stereocenters. The number of nitrogens with one attached hydrogen (secondary N) is 1. The van der Waals surface area contributed by atoms with Gasteiger partial charge in [0.15, 0.2) is 0 Å². The molecule has 0 bridgehead atoms. The van der Waals surface area contributed by atoms with Crippen molar-refractivity contribution in [3.63, 3.8) is 0 Å². The molecule has 1 fully saturated rings. The number of halogens is 2. The Hall–Kier alpha value is -3.00. The Balaban J connectivity index is 1.49. The van der Waals surface area contributed by atoms with Crippen molar-refractivity contribution >= 4 is 17.6 Å². The molecule has 3 amide bonds. The third-order valence-electron chi connectivity index (χ3n) is 6.09. The number of rotatable bonds is 10. The number of hydrogen-bond acceptors (Lipinski definition) is 3. The number of anilines is 1. The van der Waals surface area contributed by atoms with Gasteiger partial charge < -0.3 is 15.1 Å². The summed E-state index contributed by atoms with van der Waals surface area (Å²) in [5.74, 6) is -0.638. The minimum absolute atomic E-state index is 0.112. The first-order chi connectivity index (χ1) is 16.5. The summed E-state index contributed by atoms with van der Waals surface area (Å²) in [4.78, 5) is 31.1. The van der Waals surface area contributed by atoms with Crippen molar-refractivity contribution in [2.75, 3.05) is 44.6 Å². The van der Waals surface area contributed by atoms with Crippen molar-refractivity contribution in [1.82, 2.24) is 14.7 Å². The Morgan fingerprint density at radius 3 is 2.35 bits per heavy atom. The van der Waals surface area contributed by atoms with Gasteiger partial charge in [0.2, 0.25) is 5.91 Å². The molecule has 0 atom stereocenters. The lowest BCUT2D eigenvalue weighted by atomic mass is 10.1. The summed E-state index contributed by atoms with van der Waals surface area (Å²) in [5.41, 5.74) is 1.08. The lowest BCUT2D eigenvalue weighted by molar-refractivity contribution is -0.132. The number of unbranched alkanes of at least 4 members (excludes halogenated alkanes) is 2. The van der Waals surface area contributed by atoms with Crippen LogP contribution in [0.3, 0.4) is 0 Å². The van der Waals surface area contributed by atoms with E-state index in [4.69, 9.17) is 0 Å². The number of carbonyl (C=O) groups is 2. The second kappa shape index (κ2) is 13.0. The predicted octanol–water partition coefficient (Wildman–Crippen LogP) is 4.72. The zero-order chi connectivity index (χ0) is 24.3. The maximum absolute atomic E-state index is 13.8. The van der Waals surface area contributed by atoms with Crippen molar-refractivity contribution in [1.29, 1.82) is 0 Å². The van der Waals surface area contributed by atoms with Crippen LogP contribution in [-0.2, 0) is 11.3 Å². The van der Waals surface area contributed by atoms with E-state index in [1.54, 1.807) is 29.2 Å². The molecule has 1 aliphatic heterocycles. The van der Waals surface area contributed by atoms with Crippen LogP contribution in [0.1, 0.15) is 38.2 Å². The van der Waals surface area contributed by atoms with Gasteiger partial charge in [-0.05, 0) is 36.2 Å². The van der Waals surface area contributed by atoms with Crippen molar-refractivity contribution in [2.45, 2.75) is 39.2 Å². The van der Waals surface area contributed by atoms with Gasteiger partial charge >= 0.3 is 6.03 Å². The average Bonchev–Trinajstić information content (AvgIpc) is 2.84. The fraction of sp³-hybridized carbons (Fsp3) is 0.462. The summed E-state index contributed by atoms with van der Waals surface area (Å²) in [6, 6.07) is 12.1. The lowest BCUT2D eigenvalue weighted by Gasteiger charge is -2.36. The monoisotopic (exact) mass is 472 g/mol. The molecule has 2 aromatic carbocycles. The van der Waals surface area contributed by atoms with Gasteiger partial charge in [0.05, 0.1) is 5.69 Å². The van der Waals surface area contributed by atoms with Gasteiger partial charge in [0.25, 0.3) is 0 Å². The largest absolute Gasteiger partial charge is 0.337 e. The van der Waals surface area contributed by atoms with E-state index in [9.17, 15) is 18.4 Å². The van der Waals surface area contributed by atoms with Crippen LogP contribution in [-0.4, -0.2) is 65.9 Å². The molecule has 1 saturated heterocycles. The maximum atomic E-state index is 13.8. The van der Waals surface area contributed by atoms with Crippen LogP contribution in [0.25, 0.3) is 0 Å². The molecule has 3 rings (SSSR count). The highest BCUT2D eigenvalue weighted by Crippen LogP contribution is 2.15. The van der Waals surface area contributed by atoms with Crippen LogP contribution in [0.5, 0.6) is 0 Å². The molecule has 0 aliphatic carbocycles. The molecule has 184 valence electrons. The van der Waals surface area contributed by atoms with Gasteiger partial charge in [-0.15, -0.1) is 0 Å². The fourth-order valence-electron chi connectivity index (χ4n) is 3.98. The Kier molecular flexibility index (Phi) is 9.82. The minimum atomic E-state index is -0.459. The molecule has 34 heavy (non-hydrogen) atoms. The lowest BCUT2D eigenvalue weighted by Crippen LogP contribution is -2.51. The molecule has 1 heterocycles. The SMILES string of the molecule is CCCCCC(=O)N(CCN1CCN(C(=O)Nc2ccccc2F)CC1)Cc1ccc(F)cc1. The summed E-state index contributed by atoms with van der Waals surface area (Å²) in [5, 5.41) is 2.63. The number of para-hydroxylation sites is 1.